The Bertz CT molecular complexity index is 426. The van der Waals surface area contributed by atoms with E-state index in [9.17, 15) is 23.1 Å². The van der Waals surface area contributed by atoms with Crippen molar-refractivity contribution in [3.8, 4) is 0 Å². The molecule has 0 fully saturated rings. The summed E-state index contributed by atoms with van der Waals surface area (Å²) in [6.45, 7) is 0. The molecule has 0 saturated carbocycles. The molecule has 1 rings (SSSR count). The summed E-state index contributed by atoms with van der Waals surface area (Å²) >= 11 is 5.53. The summed E-state index contributed by atoms with van der Waals surface area (Å²) in [5.74, 6) is -3.17. The fourth-order valence-electron chi connectivity index (χ4n) is 0.898. The molecule has 0 bridgehead atoms. The molecule has 0 radical (unpaired) electrons. The Kier molecular flexibility index (Phi) is 6.26. The van der Waals surface area contributed by atoms with Gasteiger partial charge in [-0.1, -0.05) is 11.6 Å². The first-order valence-corrected chi connectivity index (χ1v) is 4.44. The number of allylic oxidation sites excluding steroid dienone is 2. The van der Waals surface area contributed by atoms with Gasteiger partial charge in [-0.05, 0) is 36.1 Å². The predicted octanol–water partition coefficient (Wildman–Crippen LogP) is -0.667. The first-order valence-electron chi connectivity index (χ1n) is 4.06. The first kappa shape index (κ1) is 16.5. The topological polar surface area (TPSA) is 40.1 Å². The molecule has 1 aromatic carbocycles. The summed E-state index contributed by atoms with van der Waals surface area (Å²) in [6, 6.07) is 5.18. The van der Waals surface area contributed by atoms with Gasteiger partial charge in [0.15, 0.2) is 5.78 Å². The van der Waals surface area contributed by atoms with E-state index in [1.807, 2.05) is 0 Å². The monoisotopic (exact) mass is 272 g/mol. The average molecular weight is 273 g/mol. The normalized spacial score (nSPS) is 11.9. The van der Waals surface area contributed by atoms with Crippen LogP contribution < -0.4 is 34.7 Å². The van der Waals surface area contributed by atoms with Crippen LogP contribution in [0.25, 0.3) is 0 Å². The minimum Gasteiger partial charge on any atom is -0.869 e. The quantitative estimate of drug-likeness (QED) is 0.310. The van der Waals surface area contributed by atoms with Crippen LogP contribution in [0.5, 0.6) is 0 Å². The third-order valence-corrected chi connectivity index (χ3v) is 1.92. The molecule has 86 valence electrons. The maximum atomic E-state index is 11.8. The van der Waals surface area contributed by atoms with Gasteiger partial charge in [0.05, 0.1) is 0 Å². The van der Waals surface area contributed by atoms with Crippen LogP contribution in [0.4, 0.5) is 13.2 Å². The van der Waals surface area contributed by atoms with E-state index in [1.54, 1.807) is 0 Å². The molecule has 0 N–H and O–H groups in total. The van der Waals surface area contributed by atoms with Gasteiger partial charge in [0.1, 0.15) is 0 Å². The van der Waals surface area contributed by atoms with Crippen molar-refractivity contribution >= 4 is 17.4 Å². The molecular formula is C10H5ClF3NaO2. The summed E-state index contributed by atoms with van der Waals surface area (Å²) in [5, 5.41) is 10.8. The van der Waals surface area contributed by atoms with E-state index in [0.29, 0.717) is 5.02 Å². The SMILES string of the molecule is O=C(/C=C(/[O-])C(F)(F)F)c1ccc(Cl)cc1.[Na+]. The molecule has 1 aromatic rings. The van der Waals surface area contributed by atoms with Crippen molar-refractivity contribution < 1.29 is 52.6 Å². The number of hydrogen-bond donors (Lipinski definition) is 0. The van der Waals surface area contributed by atoms with Crippen LogP contribution >= 0.6 is 11.6 Å². The number of rotatable bonds is 2. The zero-order valence-corrected chi connectivity index (χ0v) is 11.5. The van der Waals surface area contributed by atoms with Crippen LogP contribution in [0.15, 0.2) is 36.1 Å². The number of halogens is 4. The number of carbonyl (C=O) groups is 1. The Morgan fingerprint density at radius 3 is 2.12 bits per heavy atom. The van der Waals surface area contributed by atoms with Crippen molar-refractivity contribution in [2.75, 3.05) is 0 Å². The van der Waals surface area contributed by atoms with E-state index in [1.165, 1.54) is 24.3 Å². The summed E-state index contributed by atoms with van der Waals surface area (Å²) < 4.78 is 35.5. The van der Waals surface area contributed by atoms with Gasteiger partial charge in [-0.25, -0.2) is 0 Å². The molecule has 0 unspecified atom stereocenters. The summed E-state index contributed by atoms with van der Waals surface area (Å²) in [7, 11) is 0. The zero-order valence-electron chi connectivity index (χ0n) is 8.72. The van der Waals surface area contributed by atoms with Crippen LogP contribution in [0.1, 0.15) is 10.4 Å². The maximum Gasteiger partial charge on any atom is 1.00 e. The van der Waals surface area contributed by atoms with Crippen LogP contribution in [0.2, 0.25) is 5.02 Å². The molecule has 0 saturated heterocycles. The van der Waals surface area contributed by atoms with E-state index < -0.39 is 17.7 Å². The second kappa shape index (κ2) is 6.44. The molecule has 0 spiro atoms. The van der Waals surface area contributed by atoms with Gasteiger partial charge in [-0.15, -0.1) is 0 Å². The van der Waals surface area contributed by atoms with Crippen molar-refractivity contribution in [1.82, 2.24) is 0 Å². The molecule has 0 aliphatic heterocycles. The maximum absolute atomic E-state index is 11.8. The summed E-state index contributed by atoms with van der Waals surface area (Å²) in [5.41, 5.74) is -0.0259. The second-order valence-electron chi connectivity index (χ2n) is 2.88. The van der Waals surface area contributed by atoms with E-state index in [0.717, 1.165) is 0 Å². The third kappa shape index (κ3) is 5.12. The average Bonchev–Trinajstić information content (AvgIpc) is 2.17. The van der Waals surface area contributed by atoms with E-state index in [4.69, 9.17) is 11.6 Å². The molecule has 0 amide bonds. The van der Waals surface area contributed by atoms with Crippen molar-refractivity contribution in [1.29, 1.82) is 0 Å². The van der Waals surface area contributed by atoms with Gasteiger partial charge in [0.2, 0.25) is 0 Å². The van der Waals surface area contributed by atoms with Gasteiger partial charge in [-0.2, -0.15) is 13.2 Å². The van der Waals surface area contributed by atoms with E-state index >= 15 is 0 Å². The van der Waals surface area contributed by atoms with E-state index in [2.05, 4.69) is 0 Å². The van der Waals surface area contributed by atoms with E-state index in [-0.39, 0.29) is 41.2 Å². The van der Waals surface area contributed by atoms with Crippen molar-refractivity contribution in [2.45, 2.75) is 6.18 Å². The molecule has 7 heteroatoms. The molecule has 17 heavy (non-hydrogen) atoms. The third-order valence-electron chi connectivity index (χ3n) is 1.67. The number of carbonyl (C=O) groups excluding carboxylic acids is 1. The Morgan fingerprint density at radius 2 is 1.71 bits per heavy atom. The number of alkyl halides is 3. The standard InChI is InChI=1S/C10H6ClF3O2.Na/c11-7-3-1-6(2-4-7)8(15)5-9(16)10(12,13)14;/h1-5,16H;/q;+1/p-1/b9-5+;. The molecule has 0 aromatic heterocycles. The van der Waals surface area contributed by atoms with Crippen molar-refractivity contribution in [2.24, 2.45) is 0 Å². The van der Waals surface area contributed by atoms with Gasteiger partial charge < -0.3 is 5.11 Å². The largest absolute Gasteiger partial charge is 1.00 e. The molecule has 2 nitrogen and oxygen atoms in total. The first-order chi connectivity index (χ1) is 7.30. The van der Waals surface area contributed by atoms with Crippen molar-refractivity contribution in [3.63, 3.8) is 0 Å². The van der Waals surface area contributed by atoms with Crippen molar-refractivity contribution in [3.05, 3.63) is 46.7 Å². The second-order valence-corrected chi connectivity index (χ2v) is 3.31. The number of ketones is 1. The van der Waals surface area contributed by atoms with Gasteiger partial charge >= 0.3 is 35.7 Å². The Balaban J connectivity index is 0.00000256. The summed E-state index contributed by atoms with van der Waals surface area (Å²) in [6.07, 6.45) is -5.01. The number of hydrogen-bond acceptors (Lipinski definition) is 2. The smallest absolute Gasteiger partial charge is 0.869 e. The molecule has 0 aliphatic carbocycles. The van der Waals surface area contributed by atoms with Gasteiger partial charge in [0, 0.05) is 10.6 Å². The fourth-order valence-corrected chi connectivity index (χ4v) is 1.02. The van der Waals surface area contributed by atoms with Crippen LogP contribution in [0.3, 0.4) is 0 Å². The predicted molar refractivity (Wildman–Crippen MR) is 49.9 cm³/mol. The summed E-state index contributed by atoms with van der Waals surface area (Å²) in [4.78, 5) is 11.2. The Hall–Kier alpha value is -0.490. The van der Waals surface area contributed by atoms with Crippen LogP contribution in [0, 0.1) is 0 Å². The molecule has 0 atom stereocenters. The fraction of sp³-hybridized carbons (Fsp3) is 0.100. The van der Waals surface area contributed by atoms with Crippen LogP contribution in [-0.4, -0.2) is 12.0 Å². The van der Waals surface area contributed by atoms with Crippen LogP contribution in [-0.2, 0) is 0 Å². The molecule has 0 heterocycles. The zero-order chi connectivity index (χ0) is 12.3. The molecular weight excluding hydrogens is 268 g/mol. The number of benzene rings is 1. The minimum atomic E-state index is -5.03. The minimum absolute atomic E-state index is 0. The Morgan fingerprint density at radius 1 is 1.24 bits per heavy atom. The molecule has 0 aliphatic rings. The Labute approximate surface area is 122 Å². The van der Waals surface area contributed by atoms with Gasteiger partial charge in [-0.3, -0.25) is 4.79 Å². The van der Waals surface area contributed by atoms with Gasteiger partial charge in [0.25, 0.3) is 0 Å².